The summed E-state index contributed by atoms with van der Waals surface area (Å²) in [6, 6.07) is 7.45. The summed E-state index contributed by atoms with van der Waals surface area (Å²) in [5.41, 5.74) is 15.7. The molecular formula is C23H26F2N6O2. The number of rotatable bonds is 8. The monoisotopic (exact) mass is 456 g/mol. The Labute approximate surface area is 189 Å². The minimum atomic E-state index is -3.32. The van der Waals surface area contributed by atoms with Gasteiger partial charge in [-0.25, -0.2) is 9.66 Å². The van der Waals surface area contributed by atoms with E-state index in [0.717, 1.165) is 15.8 Å². The van der Waals surface area contributed by atoms with Crippen molar-refractivity contribution in [2.24, 2.45) is 5.73 Å². The van der Waals surface area contributed by atoms with E-state index in [0.29, 0.717) is 17.1 Å². The molecule has 174 valence electrons. The number of carbonyl (C=O) groups is 1. The molecule has 0 radical (unpaired) electrons. The largest absolute Gasteiger partial charge is 0.384 e. The summed E-state index contributed by atoms with van der Waals surface area (Å²) >= 11 is 0. The first kappa shape index (κ1) is 23.8. The van der Waals surface area contributed by atoms with Crippen LogP contribution in [-0.2, 0) is 17.1 Å². The molecule has 3 aromatic rings. The maximum atomic E-state index is 14.5. The number of halogens is 2. The molecule has 3 heterocycles. The number of pyridine rings is 3. The standard InChI is InChI=1S/C23H26F2N6O2/c1-13-7-9-31(29-12-23(24,25)18-6-4-5-8-28-18)22(33)20(13)17(21(27)32)11-16-14(2)10-19(26)30-15(16)3/h4-10,17,29H,11-12H2,1-3H3,(H2,26,30)(H2,27,32). The number of hydrogen-bond donors (Lipinski definition) is 3. The summed E-state index contributed by atoms with van der Waals surface area (Å²) < 4.78 is 30.0. The lowest BCUT2D eigenvalue weighted by molar-refractivity contribution is -0.119. The lowest BCUT2D eigenvalue weighted by Crippen LogP contribution is -2.39. The maximum Gasteiger partial charge on any atom is 0.308 e. The Kier molecular flexibility index (Phi) is 6.75. The van der Waals surface area contributed by atoms with E-state index in [4.69, 9.17) is 11.5 Å². The number of primary amides is 1. The molecule has 33 heavy (non-hydrogen) atoms. The van der Waals surface area contributed by atoms with Gasteiger partial charge in [0.05, 0.1) is 5.92 Å². The molecule has 3 rings (SSSR count). The summed E-state index contributed by atoms with van der Waals surface area (Å²) in [7, 11) is 0. The van der Waals surface area contributed by atoms with Gasteiger partial charge in [-0.1, -0.05) is 6.07 Å². The molecule has 1 unspecified atom stereocenters. The molecular weight excluding hydrogens is 430 g/mol. The van der Waals surface area contributed by atoms with Gasteiger partial charge in [0.25, 0.3) is 5.56 Å². The van der Waals surface area contributed by atoms with Crippen LogP contribution in [0.4, 0.5) is 14.6 Å². The van der Waals surface area contributed by atoms with Gasteiger partial charge in [0.15, 0.2) is 0 Å². The third-order valence-corrected chi connectivity index (χ3v) is 5.53. The molecule has 0 fully saturated rings. The Balaban J connectivity index is 1.95. The van der Waals surface area contributed by atoms with Gasteiger partial charge in [0, 0.05) is 23.7 Å². The van der Waals surface area contributed by atoms with Crippen molar-refractivity contribution in [1.82, 2.24) is 14.6 Å². The van der Waals surface area contributed by atoms with Gasteiger partial charge in [0.2, 0.25) is 5.91 Å². The van der Waals surface area contributed by atoms with Crippen LogP contribution in [0, 0.1) is 20.8 Å². The number of hydrogen-bond acceptors (Lipinski definition) is 6. The quantitative estimate of drug-likeness (QED) is 0.477. The molecule has 0 aliphatic carbocycles. The summed E-state index contributed by atoms with van der Waals surface area (Å²) in [5, 5.41) is 0. The Morgan fingerprint density at radius 1 is 1.21 bits per heavy atom. The van der Waals surface area contributed by atoms with Gasteiger partial charge >= 0.3 is 5.92 Å². The van der Waals surface area contributed by atoms with Crippen LogP contribution in [0.15, 0.2) is 47.5 Å². The van der Waals surface area contributed by atoms with Crippen molar-refractivity contribution in [3.8, 4) is 0 Å². The molecule has 0 aliphatic heterocycles. The Morgan fingerprint density at radius 3 is 2.55 bits per heavy atom. The molecule has 10 heteroatoms. The van der Waals surface area contributed by atoms with Crippen molar-refractivity contribution < 1.29 is 13.6 Å². The predicted octanol–water partition coefficient (Wildman–Crippen LogP) is 2.29. The average Bonchev–Trinajstić information content (AvgIpc) is 2.74. The number of aryl methyl sites for hydroxylation is 3. The Bertz CT molecular complexity index is 1200. The lowest BCUT2D eigenvalue weighted by Gasteiger charge is -2.21. The first-order chi connectivity index (χ1) is 15.5. The molecule has 0 aromatic carbocycles. The fraction of sp³-hybridized carbons (Fsp3) is 0.304. The molecule has 0 spiro atoms. The second-order valence-corrected chi connectivity index (χ2v) is 7.93. The number of aromatic nitrogens is 3. The van der Waals surface area contributed by atoms with Crippen molar-refractivity contribution >= 4 is 11.7 Å². The van der Waals surface area contributed by atoms with E-state index in [1.165, 1.54) is 30.6 Å². The summed E-state index contributed by atoms with van der Waals surface area (Å²) in [6.07, 6.45) is 2.74. The molecule has 5 N–H and O–H groups in total. The van der Waals surface area contributed by atoms with E-state index < -0.39 is 35.5 Å². The van der Waals surface area contributed by atoms with Crippen LogP contribution in [0.1, 0.15) is 39.6 Å². The number of nitrogens with zero attached hydrogens (tertiary/aromatic N) is 3. The maximum absolute atomic E-state index is 14.5. The number of nitrogens with two attached hydrogens (primary N) is 2. The minimum Gasteiger partial charge on any atom is -0.384 e. The van der Waals surface area contributed by atoms with Gasteiger partial charge in [-0.15, -0.1) is 0 Å². The first-order valence-corrected chi connectivity index (χ1v) is 10.3. The fourth-order valence-electron chi connectivity index (χ4n) is 3.79. The minimum absolute atomic E-state index is 0.129. The van der Waals surface area contributed by atoms with Crippen LogP contribution < -0.4 is 22.5 Å². The molecule has 1 atom stereocenters. The molecule has 0 bridgehead atoms. The number of nitrogen functional groups attached to an aromatic ring is 1. The molecule has 0 saturated heterocycles. The van der Waals surface area contributed by atoms with Gasteiger partial charge in [-0.2, -0.15) is 8.78 Å². The van der Waals surface area contributed by atoms with Crippen LogP contribution in [-0.4, -0.2) is 27.1 Å². The second-order valence-electron chi connectivity index (χ2n) is 7.93. The summed E-state index contributed by atoms with van der Waals surface area (Å²) in [6.45, 7) is 4.39. The van der Waals surface area contributed by atoms with E-state index in [9.17, 15) is 18.4 Å². The van der Waals surface area contributed by atoms with Crippen LogP contribution >= 0.6 is 0 Å². The van der Waals surface area contributed by atoms with Crippen LogP contribution in [0.5, 0.6) is 0 Å². The van der Waals surface area contributed by atoms with Crippen molar-refractivity contribution in [2.75, 3.05) is 17.7 Å². The highest BCUT2D eigenvalue weighted by Crippen LogP contribution is 2.26. The topological polar surface area (TPSA) is 129 Å². The molecule has 8 nitrogen and oxygen atoms in total. The molecule has 1 amide bonds. The first-order valence-electron chi connectivity index (χ1n) is 10.3. The van der Waals surface area contributed by atoms with Crippen molar-refractivity contribution in [3.63, 3.8) is 0 Å². The predicted molar refractivity (Wildman–Crippen MR) is 122 cm³/mol. The third-order valence-electron chi connectivity index (χ3n) is 5.53. The lowest BCUT2D eigenvalue weighted by atomic mass is 9.87. The summed E-state index contributed by atoms with van der Waals surface area (Å²) in [5.74, 6) is -4.66. The smallest absolute Gasteiger partial charge is 0.308 e. The van der Waals surface area contributed by atoms with E-state index in [1.807, 2.05) is 6.92 Å². The molecule has 0 saturated carbocycles. The zero-order valence-corrected chi connectivity index (χ0v) is 18.6. The van der Waals surface area contributed by atoms with Crippen molar-refractivity contribution in [3.05, 3.63) is 86.7 Å². The van der Waals surface area contributed by atoms with E-state index in [-0.39, 0.29) is 12.0 Å². The molecule has 3 aromatic heterocycles. The Morgan fingerprint density at radius 2 is 1.94 bits per heavy atom. The van der Waals surface area contributed by atoms with E-state index in [1.54, 1.807) is 26.0 Å². The Hall–Kier alpha value is -3.82. The normalized spacial score (nSPS) is 12.4. The second kappa shape index (κ2) is 9.35. The number of nitrogens with one attached hydrogen (secondary N) is 1. The summed E-state index contributed by atoms with van der Waals surface area (Å²) in [4.78, 5) is 33.5. The number of carbonyl (C=O) groups excluding carboxylic acids is 1. The van der Waals surface area contributed by atoms with Gasteiger partial charge in [-0.05, 0) is 68.1 Å². The zero-order chi connectivity index (χ0) is 24.3. The van der Waals surface area contributed by atoms with Crippen molar-refractivity contribution in [1.29, 1.82) is 0 Å². The number of anilines is 1. The van der Waals surface area contributed by atoms with Crippen LogP contribution in [0.25, 0.3) is 0 Å². The number of amides is 1. The highest BCUT2D eigenvalue weighted by atomic mass is 19.3. The van der Waals surface area contributed by atoms with Crippen molar-refractivity contribution in [2.45, 2.75) is 39.0 Å². The average molecular weight is 456 g/mol. The van der Waals surface area contributed by atoms with E-state index >= 15 is 0 Å². The SMILES string of the molecule is Cc1cc(N)nc(C)c1CC(C(N)=O)c1c(C)ccn(NCC(F)(F)c2ccccn2)c1=O. The van der Waals surface area contributed by atoms with Crippen LogP contribution in [0.3, 0.4) is 0 Å². The van der Waals surface area contributed by atoms with E-state index in [2.05, 4.69) is 15.4 Å². The molecule has 0 aliphatic rings. The van der Waals surface area contributed by atoms with Gasteiger partial charge in [0.1, 0.15) is 18.1 Å². The highest BCUT2D eigenvalue weighted by Gasteiger charge is 2.33. The highest BCUT2D eigenvalue weighted by molar-refractivity contribution is 5.82. The third kappa shape index (κ3) is 5.16. The number of alkyl halides is 2. The van der Waals surface area contributed by atoms with Crippen LogP contribution in [0.2, 0.25) is 0 Å². The zero-order valence-electron chi connectivity index (χ0n) is 18.6. The fourth-order valence-corrected chi connectivity index (χ4v) is 3.79. The van der Waals surface area contributed by atoms with Gasteiger partial charge in [-0.3, -0.25) is 14.6 Å². The van der Waals surface area contributed by atoms with Gasteiger partial charge < -0.3 is 16.9 Å².